The first kappa shape index (κ1) is 18.4. The normalized spacial score (nSPS) is 10.2. The zero-order valence-electron chi connectivity index (χ0n) is 11.5. The van der Waals surface area contributed by atoms with Gasteiger partial charge in [0.25, 0.3) is 0 Å². The summed E-state index contributed by atoms with van der Waals surface area (Å²) < 4.78 is 0. The maximum atomic E-state index is 2.35. The van der Waals surface area contributed by atoms with Gasteiger partial charge in [0.15, 0.2) is 0 Å². The molecule has 0 nitrogen and oxygen atoms in total. The Morgan fingerprint density at radius 3 is 1.42 bits per heavy atom. The molecule has 2 heteroatoms. The lowest BCUT2D eigenvalue weighted by atomic mass is 9.73. The molecule has 0 aliphatic carbocycles. The number of hydrogen-bond acceptors (Lipinski definition) is 0. The van der Waals surface area contributed by atoms with Crippen LogP contribution in [0.15, 0.2) is 60.7 Å². The minimum atomic E-state index is 0. The van der Waals surface area contributed by atoms with Gasteiger partial charge in [0.2, 0.25) is 0 Å². The summed E-state index contributed by atoms with van der Waals surface area (Å²) in [4.78, 5) is 0. The van der Waals surface area contributed by atoms with E-state index in [0.29, 0.717) is 0 Å². The molecule has 0 spiro atoms. The summed E-state index contributed by atoms with van der Waals surface area (Å²) in [5.74, 6) is 0. The van der Waals surface area contributed by atoms with Gasteiger partial charge in [0.1, 0.15) is 0 Å². The zero-order valence-corrected chi connectivity index (χ0v) is 14.9. The zero-order chi connectivity index (χ0) is 12.1. The second-order valence-corrected chi connectivity index (χ2v) is 4.81. The van der Waals surface area contributed by atoms with E-state index in [4.69, 9.17) is 0 Å². The van der Waals surface area contributed by atoms with E-state index < -0.39 is 0 Å². The van der Waals surface area contributed by atoms with Crippen LogP contribution in [0.5, 0.6) is 0 Å². The van der Waals surface area contributed by atoms with Gasteiger partial charge in [0, 0.05) is 5.41 Å². The maximum absolute atomic E-state index is 2.35. The SMILES string of the molecule is Br.Br.CCCC(C)(c1ccccc1)c1ccccc1. The first-order valence-electron chi connectivity index (χ1n) is 6.38. The Morgan fingerprint density at radius 1 is 0.737 bits per heavy atom. The number of benzene rings is 2. The predicted octanol–water partition coefficient (Wildman–Crippen LogP) is 5.95. The highest BCUT2D eigenvalue weighted by atomic mass is 79.9. The first-order valence-corrected chi connectivity index (χ1v) is 6.38. The average molecular weight is 386 g/mol. The summed E-state index contributed by atoms with van der Waals surface area (Å²) in [7, 11) is 0. The van der Waals surface area contributed by atoms with Crippen molar-refractivity contribution in [3.63, 3.8) is 0 Å². The van der Waals surface area contributed by atoms with Crippen molar-refractivity contribution in [3.05, 3.63) is 71.8 Å². The van der Waals surface area contributed by atoms with Crippen molar-refractivity contribution in [2.24, 2.45) is 0 Å². The van der Waals surface area contributed by atoms with Crippen LogP contribution >= 0.6 is 34.0 Å². The van der Waals surface area contributed by atoms with E-state index in [1.54, 1.807) is 0 Å². The van der Waals surface area contributed by atoms with Crippen LogP contribution in [-0.2, 0) is 5.41 Å². The minimum absolute atomic E-state index is 0. The maximum Gasteiger partial charge on any atom is 0.0174 e. The molecule has 0 atom stereocenters. The Kier molecular flexibility index (Phi) is 8.28. The van der Waals surface area contributed by atoms with Gasteiger partial charge in [-0.1, -0.05) is 80.9 Å². The Labute approximate surface area is 137 Å². The van der Waals surface area contributed by atoms with Crippen molar-refractivity contribution >= 4 is 34.0 Å². The molecule has 0 saturated carbocycles. The molecule has 0 radical (unpaired) electrons. The Hall–Kier alpha value is -0.600. The molecule has 19 heavy (non-hydrogen) atoms. The van der Waals surface area contributed by atoms with Crippen LogP contribution in [0.4, 0.5) is 0 Å². The Balaban J connectivity index is 0.00000162. The summed E-state index contributed by atoms with van der Waals surface area (Å²) in [6, 6.07) is 21.6. The average Bonchev–Trinajstić information content (AvgIpc) is 2.41. The number of rotatable bonds is 4. The monoisotopic (exact) mass is 384 g/mol. The fourth-order valence-corrected chi connectivity index (χ4v) is 2.57. The molecule has 0 N–H and O–H groups in total. The molecule has 0 aliphatic rings. The standard InChI is InChI=1S/C17H20.2BrH/c1-3-14-17(2,15-10-6-4-7-11-15)16-12-8-5-9-13-16;;/h4-13H,3,14H2,1-2H3;2*1H. The largest absolute Gasteiger partial charge is 0.114 e. The second-order valence-electron chi connectivity index (χ2n) is 4.81. The molecule has 0 aromatic heterocycles. The lowest BCUT2D eigenvalue weighted by Gasteiger charge is -2.30. The molecule has 104 valence electrons. The molecular formula is C17H22Br2. The predicted molar refractivity (Wildman–Crippen MR) is 94.9 cm³/mol. The lowest BCUT2D eigenvalue weighted by Crippen LogP contribution is -2.23. The summed E-state index contributed by atoms with van der Waals surface area (Å²) in [6.07, 6.45) is 2.38. The minimum Gasteiger partial charge on any atom is -0.114 e. The van der Waals surface area contributed by atoms with Gasteiger partial charge in [-0.25, -0.2) is 0 Å². The molecule has 2 aromatic carbocycles. The van der Waals surface area contributed by atoms with E-state index in [0.717, 1.165) is 0 Å². The second kappa shape index (κ2) is 8.55. The van der Waals surface area contributed by atoms with Crippen LogP contribution in [0.2, 0.25) is 0 Å². The molecule has 2 rings (SSSR count). The van der Waals surface area contributed by atoms with Crippen LogP contribution in [0.3, 0.4) is 0 Å². The quantitative estimate of drug-likeness (QED) is 0.609. The highest BCUT2D eigenvalue weighted by Crippen LogP contribution is 2.35. The third-order valence-electron chi connectivity index (χ3n) is 3.57. The van der Waals surface area contributed by atoms with E-state index >= 15 is 0 Å². The fraction of sp³-hybridized carbons (Fsp3) is 0.294. The van der Waals surface area contributed by atoms with E-state index in [1.165, 1.54) is 24.0 Å². The summed E-state index contributed by atoms with van der Waals surface area (Å²) in [5, 5.41) is 0. The van der Waals surface area contributed by atoms with E-state index in [-0.39, 0.29) is 39.4 Å². The third-order valence-corrected chi connectivity index (χ3v) is 3.57. The Bertz CT molecular complexity index is 412. The molecular weight excluding hydrogens is 364 g/mol. The summed E-state index contributed by atoms with van der Waals surface area (Å²) >= 11 is 0. The summed E-state index contributed by atoms with van der Waals surface area (Å²) in [5.41, 5.74) is 2.96. The van der Waals surface area contributed by atoms with Crippen molar-refractivity contribution in [1.82, 2.24) is 0 Å². The van der Waals surface area contributed by atoms with Gasteiger partial charge in [-0.2, -0.15) is 0 Å². The highest BCUT2D eigenvalue weighted by Gasteiger charge is 2.27. The van der Waals surface area contributed by atoms with Crippen LogP contribution in [0.1, 0.15) is 37.8 Å². The molecule has 0 bridgehead atoms. The van der Waals surface area contributed by atoms with Gasteiger partial charge in [-0.3, -0.25) is 0 Å². The van der Waals surface area contributed by atoms with Crippen molar-refractivity contribution in [3.8, 4) is 0 Å². The molecule has 2 aromatic rings. The van der Waals surface area contributed by atoms with E-state index in [1.807, 2.05) is 0 Å². The highest BCUT2D eigenvalue weighted by molar-refractivity contribution is 8.93. The van der Waals surface area contributed by atoms with Gasteiger partial charge >= 0.3 is 0 Å². The van der Waals surface area contributed by atoms with Crippen LogP contribution < -0.4 is 0 Å². The molecule has 0 saturated heterocycles. The molecule has 0 aliphatic heterocycles. The van der Waals surface area contributed by atoms with Gasteiger partial charge < -0.3 is 0 Å². The molecule has 0 heterocycles. The van der Waals surface area contributed by atoms with Gasteiger partial charge in [-0.05, 0) is 17.5 Å². The third kappa shape index (κ3) is 4.19. The molecule has 0 amide bonds. The van der Waals surface area contributed by atoms with Crippen molar-refractivity contribution < 1.29 is 0 Å². The van der Waals surface area contributed by atoms with E-state index in [2.05, 4.69) is 74.5 Å². The van der Waals surface area contributed by atoms with Crippen molar-refractivity contribution in [2.75, 3.05) is 0 Å². The first-order chi connectivity index (χ1) is 8.27. The van der Waals surface area contributed by atoms with Crippen LogP contribution in [-0.4, -0.2) is 0 Å². The topological polar surface area (TPSA) is 0 Å². The molecule has 0 fully saturated rings. The van der Waals surface area contributed by atoms with Crippen LogP contribution in [0.25, 0.3) is 0 Å². The van der Waals surface area contributed by atoms with Gasteiger partial charge in [-0.15, -0.1) is 34.0 Å². The molecule has 0 unspecified atom stereocenters. The number of hydrogen-bond donors (Lipinski definition) is 0. The fourth-order valence-electron chi connectivity index (χ4n) is 2.57. The van der Waals surface area contributed by atoms with E-state index in [9.17, 15) is 0 Å². The smallest absolute Gasteiger partial charge is 0.0174 e. The van der Waals surface area contributed by atoms with Crippen molar-refractivity contribution in [1.29, 1.82) is 0 Å². The Morgan fingerprint density at radius 2 is 1.11 bits per heavy atom. The van der Waals surface area contributed by atoms with Crippen LogP contribution in [0, 0.1) is 0 Å². The lowest BCUT2D eigenvalue weighted by molar-refractivity contribution is 0.512. The van der Waals surface area contributed by atoms with Crippen molar-refractivity contribution in [2.45, 2.75) is 32.1 Å². The van der Waals surface area contributed by atoms with Gasteiger partial charge in [0.05, 0.1) is 0 Å². The summed E-state index contributed by atoms with van der Waals surface area (Å²) in [6.45, 7) is 4.60. The number of halogens is 2.